The molecule has 11 nitrogen and oxygen atoms in total. The summed E-state index contributed by atoms with van der Waals surface area (Å²) in [5.74, 6) is -3.05. The van der Waals surface area contributed by atoms with Crippen LogP contribution in [-0.2, 0) is 27.2 Å². The fourth-order valence-corrected chi connectivity index (χ4v) is 6.48. The minimum Gasteiger partial charge on any atom is -0.507 e. The highest BCUT2D eigenvalue weighted by Crippen LogP contribution is 2.52. The van der Waals surface area contributed by atoms with Gasteiger partial charge in [0.2, 0.25) is 0 Å². The van der Waals surface area contributed by atoms with E-state index in [0.717, 1.165) is 5.56 Å². The molecule has 4 unspecified atom stereocenters. The lowest BCUT2D eigenvalue weighted by Gasteiger charge is -2.43. The van der Waals surface area contributed by atoms with E-state index in [-0.39, 0.29) is 46.2 Å². The van der Waals surface area contributed by atoms with Crippen LogP contribution in [0.25, 0.3) is 0 Å². The zero-order chi connectivity index (χ0) is 31.5. The van der Waals surface area contributed by atoms with Crippen LogP contribution in [0.15, 0.2) is 48.5 Å². The molecule has 0 spiro atoms. The van der Waals surface area contributed by atoms with E-state index in [1.165, 1.54) is 19.1 Å². The first-order chi connectivity index (χ1) is 20.9. The number of nitrogens with one attached hydrogen (secondary N) is 1. The number of ketones is 3. The Balaban J connectivity index is 1.36. The maximum atomic E-state index is 13.5. The Morgan fingerprint density at radius 3 is 2.27 bits per heavy atom. The molecule has 1 heterocycles. The van der Waals surface area contributed by atoms with E-state index in [4.69, 9.17) is 15.2 Å². The smallest absolute Gasteiger partial charge is 0.198 e. The lowest BCUT2D eigenvalue weighted by Crippen LogP contribution is -2.54. The molecule has 6 atom stereocenters. The van der Waals surface area contributed by atoms with E-state index in [0.29, 0.717) is 12.2 Å². The molecule has 0 radical (unpaired) electrons. The Morgan fingerprint density at radius 1 is 1.05 bits per heavy atom. The number of aliphatic hydroxyl groups excluding tert-OH is 1. The van der Waals surface area contributed by atoms with Gasteiger partial charge < -0.3 is 41.0 Å². The van der Waals surface area contributed by atoms with Crippen molar-refractivity contribution in [2.45, 2.75) is 75.9 Å². The molecule has 44 heavy (non-hydrogen) atoms. The normalized spacial score (nSPS) is 27.8. The van der Waals surface area contributed by atoms with E-state index in [1.807, 2.05) is 12.1 Å². The maximum absolute atomic E-state index is 13.5. The number of hydrogen-bond donors (Lipinski definition) is 6. The fourth-order valence-electron chi connectivity index (χ4n) is 6.48. The van der Waals surface area contributed by atoms with Gasteiger partial charge in [0.15, 0.2) is 23.6 Å². The Hall–Kier alpha value is -4.13. The van der Waals surface area contributed by atoms with Crippen LogP contribution in [0.5, 0.6) is 11.5 Å². The lowest BCUT2D eigenvalue weighted by atomic mass is 9.72. The molecule has 1 saturated heterocycles. The summed E-state index contributed by atoms with van der Waals surface area (Å²) < 4.78 is 12.3. The summed E-state index contributed by atoms with van der Waals surface area (Å²) in [6, 6.07) is 12.9. The second-order valence-electron chi connectivity index (χ2n) is 11.9. The van der Waals surface area contributed by atoms with Crippen LogP contribution < -0.4 is 11.1 Å². The van der Waals surface area contributed by atoms with Crippen molar-refractivity contribution >= 4 is 23.0 Å². The molecule has 6 rings (SSSR count). The Bertz CT molecular complexity index is 1670. The van der Waals surface area contributed by atoms with Gasteiger partial charge in [-0.2, -0.15) is 0 Å². The quantitative estimate of drug-likeness (QED) is 0.140. The molecule has 3 aromatic rings. The summed E-state index contributed by atoms with van der Waals surface area (Å²) in [4.78, 5) is 39.7. The van der Waals surface area contributed by atoms with Gasteiger partial charge in [0, 0.05) is 59.8 Å². The van der Waals surface area contributed by atoms with E-state index >= 15 is 0 Å². The summed E-state index contributed by atoms with van der Waals surface area (Å²) in [6.45, 7) is 3.31. The van der Waals surface area contributed by atoms with E-state index in [1.54, 1.807) is 31.2 Å². The zero-order valence-corrected chi connectivity index (χ0v) is 24.2. The average Bonchev–Trinajstić information content (AvgIpc) is 2.99. The van der Waals surface area contributed by atoms with Crippen LogP contribution in [0.3, 0.4) is 0 Å². The van der Waals surface area contributed by atoms with Crippen LogP contribution in [0.1, 0.15) is 81.3 Å². The van der Waals surface area contributed by atoms with Crippen LogP contribution >= 0.6 is 0 Å². The van der Waals surface area contributed by atoms with E-state index in [9.17, 15) is 34.8 Å². The van der Waals surface area contributed by atoms with Gasteiger partial charge in [-0.3, -0.25) is 14.4 Å². The topological polar surface area (TPSA) is 189 Å². The van der Waals surface area contributed by atoms with Crippen molar-refractivity contribution in [1.29, 1.82) is 0 Å². The van der Waals surface area contributed by atoms with Crippen LogP contribution in [0.2, 0.25) is 0 Å². The molecule has 0 amide bonds. The highest BCUT2D eigenvalue weighted by molar-refractivity contribution is 6.30. The number of nitrogen functional groups attached to an aromatic ring is 1. The van der Waals surface area contributed by atoms with Crippen molar-refractivity contribution in [2.24, 2.45) is 0 Å². The van der Waals surface area contributed by atoms with Gasteiger partial charge in [0.05, 0.1) is 29.4 Å². The molecule has 1 aliphatic heterocycles. The van der Waals surface area contributed by atoms with Crippen molar-refractivity contribution < 1.29 is 44.3 Å². The van der Waals surface area contributed by atoms with Crippen LogP contribution in [0, 0.1) is 0 Å². The third-order valence-electron chi connectivity index (χ3n) is 9.00. The Morgan fingerprint density at radius 2 is 1.66 bits per heavy atom. The molecule has 2 aliphatic carbocycles. The van der Waals surface area contributed by atoms with Crippen LogP contribution in [-0.4, -0.2) is 67.9 Å². The highest BCUT2D eigenvalue weighted by atomic mass is 16.7. The molecule has 3 aromatic carbocycles. The largest absolute Gasteiger partial charge is 0.507 e. The molecule has 1 fully saturated rings. The molecule has 11 heteroatoms. The second kappa shape index (κ2) is 11.1. The van der Waals surface area contributed by atoms with E-state index < -0.39 is 71.5 Å². The Kier molecular flexibility index (Phi) is 7.55. The van der Waals surface area contributed by atoms with Gasteiger partial charge in [-0.05, 0) is 31.5 Å². The molecule has 0 bridgehead atoms. The summed E-state index contributed by atoms with van der Waals surface area (Å²) in [6.07, 6.45) is -4.29. The first-order valence-corrected chi connectivity index (χ1v) is 14.5. The van der Waals surface area contributed by atoms with Crippen molar-refractivity contribution in [3.8, 4) is 11.5 Å². The number of benzene rings is 3. The Labute approximate surface area is 253 Å². The monoisotopic (exact) mass is 602 g/mol. The summed E-state index contributed by atoms with van der Waals surface area (Å²) in [7, 11) is 0. The second-order valence-corrected chi connectivity index (χ2v) is 11.9. The number of nitrogens with two attached hydrogens (primary N) is 1. The number of ether oxygens (including phenoxy) is 2. The van der Waals surface area contributed by atoms with Crippen molar-refractivity contribution in [1.82, 2.24) is 5.32 Å². The SMILES string of the molecule is CC(=O)[C@]1(O)Cc2c(O)c3c(c(O)c2[C@@H](OC2CC(NCc4ccc(N)cc4)C(O)C(C)O2)C1)C(=O)c1ccccc1C3=O. The molecule has 0 aromatic heterocycles. The highest BCUT2D eigenvalue weighted by Gasteiger charge is 2.49. The summed E-state index contributed by atoms with van der Waals surface area (Å²) in [5, 5.41) is 48.6. The number of aromatic hydroxyl groups is 2. The van der Waals surface area contributed by atoms with Gasteiger partial charge in [-0.15, -0.1) is 0 Å². The predicted molar refractivity (Wildman–Crippen MR) is 157 cm³/mol. The maximum Gasteiger partial charge on any atom is 0.198 e. The molecular formula is C33H34N2O9. The summed E-state index contributed by atoms with van der Waals surface area (Å²) >= 11 is 0. The molecular weight excluding hydrogens is 568 g/mol. The first kappa shape index (κ1) is 29.9. The minimum atomic E-state index is -2.00. The predicted octanol–water partition coefficient (Wildman–Crippen LogP) is 2.43. The van der Waals surface area contributed by atoms with Gasteiger partial charge in [-0.25, -0.2) is 0 Å². The number of Topliss-reactive ketones (excluding diaryl/α,β-unsaturated/α-hetero) is 1. The third kappa shape index (κ3) is 4.96. The average molecular weight is 603 g/mol. The van der Waals surface area contributed by atoms with Gasteiger partial charge in [0.1, 0.15) is 17.1 Å². The number of carbonyl (C=O) groups excluding carboxylic acids is 3. The number of rotatable bonds is 6. The van der Waals surface area contributed by atoms with Gasteiger partial charge >= 0.3 is 0 Å². The number of fused-ring (bicyclic) bond motifs is 3. The number of phenolic OH excluding ortho intramolecular Hbond substituents is 2. The van der Waals surface area contributed by atoms with Crippen LogP contribution in [0.4, 0.5) is 5.69 Å². The molecule has 7 N–H and O–H groups in total. The molecule has 3 aliphatic rings. The zero-order valence-electron chi connectivity index (χ0n) is 24.2. The number of hydrogen-bond acceptors (Lipinski definition) is 11. The first-order valence-electron chi connectivity index (χ1n) is 14.5. The minimum absolute atomic E-state index is 0.00136. The molecule has 230 valence electrons. The van der Waals surface area contributed by atoms with Crippen molar-refractivity contribution in [2.75, 3.05) is 5.73 Å². The number of aliphatic hydroxyl groups is 2. The number of phenols is 2. The third-order valence-corrected chi connectivity index (χ3v) is 9.00. The van der Waals surface area contributed by atoms with Gasteiger partial charge in [-0.1, -0.05) is 36.4 Å². The fraction of sp³-hybridized carbons (Fsp3) is 0.364. The van der Waals surface area contributed by atoms with Crippen molar-refractivity contribution in [3.63, 3.8) is 0 Å². The molecule has 0 saturated carbocycles. The summed E-state index contributed by atoms with van der Waals surface area (Å²) in [5.41, 5.74) is 4.72. The van der Waals surface area contributed by atoms with Crippen molar-refractivity contribution in [3.05, 3.63) is 87.5 Å². The lowest BCUT2D eigenvalue weighted by molar-refractivity contribution is -0.249. The van der Waals surface area contributed by atoms with Gasteiger partial charge in [0.25, 0.3) is 0 Å². The number of anilines is 1. The number of carbonyl (C=O) groups is 3. The van der Waals surface area contributed by atoms with E-state index in [2.05, 4.69) is 5.32 Å². The standard InChI is InChI=1S/C33H34N2O9/c1-15-28(37)22(35-14-17-7-9-18(34)10-8-17)11-24(43-15)44-23-13-33(42,16(2)36)12-21-25(23)32(41)27-26(31(21)40)29(38)19-5-3-4-6-20(19)30(27)39/h3-10,15,22-24,28,35,37,40-42H,11-14,34H2,1-2H3/t15?,22?,23-,24?,28?,33-/m0/s1.